The van der Waals surface area contributed by atoms with Crippen LogP contribution >= 0.6 is 15.9 Å². The Bertz CT molecular complexity index is 1060. The summed E-state index contributed by atoms with van der Waals surface area (Å²) in [6.45, 7) is 3.88. The molecule has 28 heavy (non-hydrogen) atoms. The highest BCUT2D eigenvalue weighted by Gasteiger charge is 2.40. The Morgan fingerprint density at radius 1 is 1.32 bits per heavy atom. The quantitative estimate of drug-likeness (QED) is 0.649. The fraction of sp³-hybridized carbons (Fsp3) is 0.381. The van der Waals surface area contributed by atoms with Crippen LogP contribution < -0.4 is 10.1 Å². The molecule has 6 nitrogen and oxygen atoms in total. The predicted octanol–water partition coefficient (Wildman–Crippen LogP) is 3.92. The molecule has 2 aromatic heterocycles. The van der Waals surface area contributed by atoms with Crippen LogP contribution in [0.4, 0.5) is 0 Å². The lowest BCUT2D eigenvalue weighted by molar-refractivity contribution is -0.126. The van der Waals surface area contributed by atoms with E-state index in [-0.39, 0.29) is 18.1 Å². The molecular weight excluding hydrogens is 420 g/mol. The van der Waals surface area contributed by atoms with Crippen molar-refractivity contribution in [3.05, 3.63) is 51.6 Å². The largest absolute Gasteiger partial charge is 0.466 e. The van der Waals surface area contributed by atoms with Gasteiger partial charge in [0.05, 0.1) is 10.9 Å². The molecule has 146 valence electrons. The van der Waals surface area contributed by atoms with Crippen LogP contribution in [0.5, 0.6) is 5.88 Å². The van der Waals surface area contributed by atoms with E-state index in [2.05, 4.69) is 43.5 Å². The molecule has 1 saturated carbocycles. The summed E-state index contributed by atoms with van der Waals surface area (Å²) in [6.07, 6.45) is 2.97. The van der Waals surface area contributed by atoms with Crippen LogP contribution in [0.3, 0.4) is 0 Å². The molecule has 1 amide bonds. The van der Waals surface area contributed by atoms with Gasteiger partial charge in [-0.25, -0.2) is 9.67 Å². The van der Waals surface area contributed by atoms with Gasteiger partial charge in [-0.05, 0) is 62.4 Å². The predicted molar refractivity (Wildman–Crippen MR) is 111 cm³/mol. The number of ether oxygens (including phenoxy) is 1. The molecule has 0 spiro atoms. The number of pyridine rings is 1. The lowest BCUT2D eigenvalue weighted by Crippen LogP contribution is -2.52. The highest BCUT2D eigenvalue weighted by atomic mass is 79.9. The average Bonchev–Trinajstić information content (AvgIpc) is 2.92. The maximum atomic E-state index is 12.7. The van der Waals surface area contributed by atoms with Crippen molar-refractivity contribution in [2.45, 2.75) is 38.6 Å². The first-order valence-electron chi connectivity index (χ1n) is 9.39. The van der Waals surface area contributed by atoms with Crippen molar-refractivity contribution in [3.8, 4) is 5.88 Å². The summed E-state index contributed by atoms with van der Waals surface area (Å²) in [6, 6.07) is 10.1. The number of nitrogens with zero attached hydrogens (tertiary/aromatic N) is 3. The second kappa shape index (κ2) is 7.20. The third-order valence-corrected chi connectivity index (χ3v) is 5.88. The smallest absolute Gasteiger partial charge is 0.258 e. The molecule has 4 rings (SSSR count). The van der Waals surface area contributed by atoms with Crippen molar-refractivity contribution in [1.29, 1.82) is 0 Å². The van der Waals surface area contributed by atoms with E-state index in [1.54, 1.807) is 4.68 Å². The molecule has 0 unspecified atom stereocenters. The Balaban J connectivity index is 1.50. The highest BCUT2D eigenvalue weighted by Crippen LogP contribution is 2.41. The van der Waals surface area contributed by atoms with Crippen LogP contribution in [0.1, 0.15) is 36.1 Å². The number of rotatable bonds is 5. The molecule has 0 saturated heterocycles. The molecule has 0 bridgehead atoms. The summed E-state index contributed by atoms with van der Waals surface area (Å²) in [5.41, 5.74) is 3.55. The number of carbonyl (C=O) groups excluding carboxylic acids is 1. The van der Waals surface area contributed by atoms with Gasteiger partial charge in [0.1, 0.15) is 0 Å². The van der Waals surface area contributed by atoms with Crippen molar-refractivity contribution >= 4 is 32.9 Å². The van der Waals surface area contributed by atoms with Gasteiger partial charge in [-0.3, -0.25) is 4.79 Å². The summed E-state index contributed by atoms with van der Waals surface area (Å²) < 4.78 is 8.51. The first-order valence-corrected chi connectivity index (χ1v) is 10.2. The molecule has 2 heterocycles. The zero-order chi connectivity index (χ0) is 19.9. The first kappa shape index (κ1) is 18.9. The molecule has 1 N–H and O–H groups in total. The van der Waals surface area contributed by atoms with Crippen LogP contribution in [0.15, 0.2) is 34.8 Å². The van der Waals surface area contributed by atoms with Crippen molar-refractivity contribution in [3.63, 3.8) is 0 Å². The van der Waals surface area contributed by atoms with Gasteiger partial charge in [0.25, 0.3) is 5.91 Å². The zero-order valence-electron chi connectivity index (χ0n) is 16.3. The molecule has 0 atom stereocenters. The van der Waals surface area contributed by atoms with E-state index in [1.807, 2.05) is 39.1 Å². The molecule has 0 radical (unpaired) electrons. The molecule has 0 aliphatic heterocycles. The third-order valence-electron chi connectivity index (χ3n) is 5.39. The summed E-state index contributed by atoms with van der Waals surface area (Å²) in [7, 11) is 1.83. The number of benzene rings is 1. The minimum atomic E-state index is -0.301. The van der Waals surface area contributed by atoms with Crippen molar-refractivity contribution < 1.29 is 9.53 Å². The number of hydrogen-bond acceptors (Lipinski definition) is 4. The number of fused-ring (bicyclic) bond motifs is 1. The Morgan fingerprint density at radius 3 is 2.79 bits per heavy atom. The van der Waals surface area contributed by atoms with Crippen molar-refractivity contribution in [2.75, 3.05) is 6.61 Å². The van der Waals surface area contributed by atoms with Crippen LogP contribution in [-0.2, 0) is 17.4 Å². The van der Waals surface area contributed by atoms with E-state index in [1.165, 1.54) is 0 Å². The minimum absolute atomic E-state index is 0.0742. The Hall–Kier alpha value is -2.41. The van der Waals surface area contributed by atoms with E-state index < -0.39 is 0 Å². The number of aromatic nitrogens is 3. The Kier molecular flexibility index (Phi) is 4.87. The third kappa shape index (κ3) is 3.39. The molecule has 1 aliphatic rings. The second-order valence-electron chi connectivity index (χ2n) is 7.49. The summed E-state index contributed by atoms with van der Waals surface area (Å²) in [5, 5.41) is 8.45. The lowest BCUT2D eigenvalue weighted by Gasteiger charge is -2.43. The summed E-state index contributed by atoms with van der Waals surface area (Å²) in [5.74, 6) is 0.305. The van der Waals surface area contributed by atoms with Gasteiger partial charge in [-0.2, -0.15) is 0 Å². The zero-order valence-corrected chi connectivity index (χ0v) is 17.8. The van der Waals surface area contributed by atoms with E-state index in [9.17, 15) is 4.79 Å². The molecule has 1 aliphatic carbocycles. The van der Waals surface area contributed by atoms with Gasteiger partial charge in [0.15, 0.2) is 12.3 Å². The van der Waals surface area contributed by atoms with Crippen molar-refractivity contribution in [1.82, 2.24) is 20.1 Å². The van der Waals surface area contributed by atoms with Crippen LogP contribution in [-0.4, -0.2) is 27.3 Å². The first-order chi connectivity index (χ1) is 13.4. The molecule has 1 aromatic carbocycles. The highest BCUT2D eigenvalue weighted by molar-refractivity contribution is 9.10. The maximum absolute atomic E-state index is 12.7. The van der Waals surface area contributed by atoms with E-state index in [4.69, 9.17) is 4.74 Å². The Morgan fingerprint density at radius 2 is 2.11 bits per heavy atom. The number of carbonyl (C=O) groups is 1. The average molecular weight is 443 g/mol. The normalized spacial score (nSPS) is 15.3. The number of aryl methyl sites for hydroxylation is 3. The lowest BCUT2D eigenvalue weighted by atomic mass is 9.72. The topological polar surface area (TPSA) is 69.0 Å². The number of amides is 1. The number of nitrogens with one attached hydrogen (secondary N) is 1. The monoisotopic (exact) mass is 442 g/mol. The molecule has 7 heteroatoms. The summed E-state index contributed by atoms with van der Waals surface area (Å²) in [4.78, 5) is 17.2. The van der Waals surface area contributed by atoms with Gasteiger partial charge in [-0.15, -0.1) is 5.10 Å². The molecule has 1 fully saturated rings. The fourth-order valence-corrected chi connectivity index (χ4v) is 4.29. The van der Waals surface area contributed by atoms with Gasteiger partial charge >= 0.3 is 0 Å². The van der Waals surface area contributed by atoms with Crippen LogP contribution in [0, 0.1) is 13.8 Å². The van der Waals surface area contributed by atoms with E-state index >= 15 is 0 Å². The maximum Gasteiger partial charge on any atom is 0.258 e. The van der Waals surface area contributed by atoms with Gasteiger partial charge < -0.3 is 10.1 Å². The Labute approximate surface area is 172 Å². The van der Waals surface area contributed by atoms with Gasteiger partial charge in [0.2, 0.25) is 5.88 Å². The SMILES string of the molecule is Cc1cc(C)c2c(OCC(=O)NC3(c4cccc(Br)c4)CCC3)nn(C)c2n1. The van der Waals surface area contributed by atoms with E-state index in [0.717, 1.165) is 51.6 Å². The van der Waals surface area contributed by atoms with E-state index in [0.29, 0.717) is 5.88 Å². The number of hydrogen-bond donors (Lipinski definition) is 1. The standard InChI is InChI=1S/C21H23BrN4O2/c1-13-10-14(2)23-19-18(13)20(25-26(19)3)28-12-17(27)24-21(8-5-9-21)15-6-4-7-16(22)11-15/h4,6-7,10-11H,5,8-9,12H2,1-3H3,(H,24,27). The second-order valence-corrected chi connectivity index (χ2v) is 8.41. The molecule has 3 aromatic rings. The fourth-order valence-electron chi connectivity index (χ4n) is 3.89. The van der Waals surface area contributed by atoms with Crippen molar-refractivity contribution in [2.24, 2.45) is 7.05 Å². The minimum Gasteiger partial charge on any atom is -0.466 e. The number of halogens is 1. The van der Waals surface area contributed by atoms with Gasteiger partial charge in [0, 0.05) is 17.2 Å². The summed E-state index contributed by atoms with van der Waals surface area (Å²) >= 11 is 3.52. The van der Waals surface area contributed by atoms with Crippen LogP contribution in [0.25, 0.3) is 11.0 Å². The van der Waals surface area contributed by atoms with Gasteiger partial charge in [-0.1, -0.05) is 28.1 Å². The molecular formula is C21H23BrN4O2. The van der Waals surface area contributed by atoms with Crippen LogP contribution in [0.2, 0.25) is 0 Å².